The van der Waals surface area contributed by atoms with Crippen LogP contribution in [-0.2, 0) is 10.1 Å². The summed E-state index contributed by atoms with van der Waals surface area (Å²) in [5.74, 6) is 0. The molecule has 28 heavy (non-hydrogen) atoms. The van der Waals surface area contributed by atoms with Crippen molar-refractivity contribution in [2.45, 2.75) is 141 Å². The zero-order valence-electron chi connectivity index (χ0n) is 19.0. The van der Waals surface area contributed by atoms with E-state index in [0.717, 1.165) is 38.5 Å². The standard InChI is InChI=1S/C22H46O4S.Na/c1-3-5-7-9-11-12-14-16-18-20-22(27(24,25)26)21(23)19-17-15-13-10-8-6-4-2;/h21-23H,3-20H2,1-2H3,(H,24,25,26);/q;+1/p-1. The Morgan fingerprint density at radius 1 is 0.643 bits per heavy atom. The summed E-state index contributed by atoms with van der Waals surface area (Å²) in [5, 5.41) is 9.11. The summed E-state index contributed by atoms with van der Waals surface area (Å²) in [6.07, 6.45) is 17.9. The molecule has 0 fully saturated rings. The Kier molecular flexibility index (Phi) is 23.4. The van der Waals surface area contributed by atoms with Crippen LogP contribution in [0.1, 0.15) is 129 Å². The summed E-state index contributed by atoms with van der Waals surface area (Å²) in [4.78, 5) is 0. The molecule has 0 aliphatic heterocycles. The maximum absolute atomic E-state index is 11.5. The number of hydrogen-bond donors (Lipinski definition) is 1. The first-order valence-corrected chi connectivity index (χ1v) is 13.0. The van der Waals surface area contributed by atoms with Gasteiger partial charge in [-0.05, 0) is 12.8 Å². The molecule has 2 atom stereocenters. The van der Waals surface area contributed by atoms with Crippen molar-refractivity contribution in [3.63, 3.8) is 0 Å². The minimum Gasteiger partial charge on any atom is -0.748 e. The third-order valence-electron chi connectivity index (χ3n) is 5.50. The van der Waals surface area contributed by atoms with Crippen molar-refractivity contribution in [1.29, 1.82) is 0 Å². The predicted octanol–water partition coefficient (Wildman–Crippen LogP) is 3.33. The number of rotatable bonds is 20. The summed E-state index contributed by atoms with van der Waals surface area (Å²) in [6.45, 7) is 4.40. The largest absolute Gasteiger partial charge is 1.00 e. The third kappa shape index (κ3) is 18.9. The predicted molar refractivity (Wildman–Crippen MR) is 114 cm³/mol. The van der Waals surface area contributed by atoms with Crippen LogP contribution in [0.2, 0.25) is 0 Å². The first kappa shape index (κ1) is 31.1. The van der Waals surface area contributed by atoms with Crippen molar-refractivity contribution in [2.75, 3.05) is 0 Å². The molecule has 0 amide bonds. The van der Waals surface area contributed by atoms with Gasteiger partial charge in [0.1, 0.15) is 10.1 Å². The van der Waals surface area contributed by atoms with Crippen molar-refractivity contribution < 1.29 is 47.6 Å². The van der Waals surface area contributed by atoms with E-state index in [1.807, 2.05) is 0 Å². The zero-order valence-corrected chi connectivity index (χ0v) is 21.8. The van der Waals surface area contributed by atoms with Gasteiger partial charge < -0.3 is 9.66 Å². The van der Waals surface area contributed by atoms with Gasteiger partial charge in [-0.15, -0.1) is 0 Å². The van der Waals surface area contributed by atoms with Crippen LogP contribution in [0.15, 0.2) is 0 Å². The smallest absolute Gasteiger partial charge is 0.748 e. The van der Waals surface area contributed by atoms with Crippen LogP contribution in [0.25, 0.3) is 0 Å². The average molecular weight is 429 g/mol. The molecule has 4 nitrogen and oxygen atoms in total. The molecule has 6 heteroatoms. The molecule has 0 radical (unpaired) electrons. The average Bonchev–Trinajstić information content (AvgIpc) is 2.61. The van der Waals surface area contributed by atoms with Crippen LogP contribution in [0.3, 0.4) is 0 Å². The summed E-state index contributed by atoms with van der Waals surface area (Å²) in [6, 6.07) is 0. The van der Waals surface area contributed by atoms with E-state index < -0.39 is 21.5 Å². The fourth-order valence-electron chi connectivity index (χ4n) is 3.68. The molecule has 0 saturated heterocycles. The first-order valence-electron chi connectivity index (χ1n) is 11.6. The Morgan fingerprint density at radius 3 is 1.32 bits per heavy atom. The summed E-state index contributed by atoms with van der Waals surface area (Å²) >= 11 is 0. The Labute approximate surface area is 197 Å². The maximum atomic E-state index is 11.5. The van der Waals surface area contributed by atoms with Crippen molar-refractivity contribution in [2.24, 2.45) is 0 Å². The molecule has 164 valence electrons. The number of unbranched alkanes of at least 4 members (excludes halogenated alkanes) is 14. The number of aliphatic hydroxyl groups is 1. The van der Waals surface area contributed by atoms with Crippen LogP contribution >= 0.6 is 0 Å². The van der Waals surface area contributed by atoms with E-state index in [0.29, 0.717) is 12.8 Å². The summed E-state index contributed by atoms with van der Waals surface area (Å²) < 4.78 is 34.6. The van der Waals surface area contributed by atoms with Crippen LogP contribution in [0.5, 0.6) is 0 Å². The minimum absolute atomic E-state index is 0. The van der Waals surface area contributed by atoms with E-state index in [1.54, 1.807) is 0 Å². The van der Waals surface area contributed by atoms with Gasteiger partial charge in [-0.1, -0.05) is 117 Å². The number of aliphatic hydroxyl groups excluding tert-OH is 1. The topological polar surface area (TPSA) is 77.4 Å². The fourth-order valence-corrected chi connectivity index (χ4v) is 4.66. The molecule has 0 aliphatic rings. The fraction of sp³-hybridized carbons (Fsp3) is 1.00. The van der Waals surface area contributed by atoms with Gasteiger partial charge in [0.25, 0.3) is 0 Å². The van der Waals surface area contributed by atoms with Crippen molar-refractivity contribution in [3.8, 4) is 0 Å². The molecule has 0 aromatic carbocycles. The molecule has 0 aromatic rings. The van der Waals surface area contributed by atoms with Crippen LogP contribution in [0.4, 0.5) is 0 Å². The van der Waals surface area contributed by atoms with E-state index in [9.17, 15) is 18.1 Å². The molecular weight excluding hydrogens is 383 g/mol. The van der Waals surface area contributed by atoms with E-state index in [2.05, 4.69) is 13.8 Å². The number of hydrogen-bond acceptors (Lipinski definition) is 4. The van der Waals surface area contributed by atoms with Gasteiger partial charge in [0.2, 0.25) is 0 Å². The molecule has 0 spiro atoms. The van der Waals surface area contributed by atoms with Gasteiger partial charge in [0.15, 0.2) is 0 Å². The van der Waals surface area contributed by atoms with Gasteiger partial charge in [0.05, 0.1) is 11.4 Å². The van der Waals surface area contributed by atoms with Gasteiger partial charge in [-0.3, -0.25) is 0 Å². The second-order valence-electron chi connectivity index (χ2n) is 8.13. The molecular formula is C22H45NaO4S. The molecule has 0 rings (SSSR count). The Morgan fingerprint density at radius 2 is 0.964 bits per heavy atom. The van der Waals surface area contributed by atoms with Crippen molar-refractivity contribution >= 4 is 10.1 Å². The first-order chi connectivity index (χ1) is 12.9. The molecule has 1 N–H and O–H groups in total. The zero-order chi connectivity index (χ0) is 20.4. The maximum Gasteiger partial charge on any atom is 1.00 e. The van der Waals surface area contributed by atoms with Crippen LogP contribution in [-0.4, -0.2) is 29.4 Å². The second-order valence-corrected chi connectivity index (χ2v) is 9.72. The molecule has 0 bridgehead atoms. The van der Waals surface area contributed by atoms with Crippen LogP contribution in [0, 0.1) is 0 Å². The quantitative estimate of drug-likeness (QED) is 0.183. The van der Waals surface area contributed by atoms with Crippen molar-refractivity contribution in [3.05, 3.63) is 0 Å². The van der Waals surface area contributed by atoms with Gasteiger partial charge in [-0.2, -0.15) is 0 Å². The molecule has 0 heterocycles. The second kappa shape index (κ2) is 21.1. The van der Waals surface area contributed by atoms with Gasteiger partial charge in [-0.25, -0.2) is 8.42 Å². The van der Waals surface area contributed by atoms with Gasteiger partial charge >= 0.3 is 29.6 Å². The normalized spacial score (nSPS) is 13.9. The Bertz CT molecular complexity index is 415. The minimum atomic E-state index is -4.43. The molecule has 2 unspecified atom stereocenters. The SMILES string of the molecule is CCCCCCCCCCCC(C(O)CCCCCCCCC)S(=O)(=O)[O-].[Na+]. The Hall–Kier alpha value is 0.870. The van der Waals surface area contributed by atoms with E-state index in [4.69, 9.17) is 0 Å². The molecule has 0 aromatic heterocycles. The third-order valence-corrected chi connectivity index (χ3v) is 6.79. The van der Waals surface area contributed by atoms with E-state index in [-0.39, 0.29) is 29.6 Å². The monoisotopic (exact) mass is 428 g/mol. The van der Waals surface area contributed by atoms with Gasteiger partial charge in [0, 0.05) is 0 Å². The van der Waals surface area contributed by atoms with Crippen LogP contribution < -0.4 is 29.6 Å². The molecule has 0 aliphatic carbocycles. The Balaban J connectivity index is 0. The summed E-state index contributed by atoms with van der Waals surface area (Å²) in [7, 11) is -4.43. The van der Waals surface area contributed by atoms with E-state index in [1.165, 1.54) is 64.2 Å². The van der Waals surface area contributed by atoms with E-state index >= 15 is 0 Å². The van der Waals surface area contributed by atoms with Crippen molar-refractivity contribution in [1.82, 2.24) is 0 Å². The molecule has 0 saturated carbocycles. The summed E-state index contributed by atoms with van der Waals surface area (Å²) in [5.41, 5.74) is 0.